The number of piperazine rings is 1. The average Bonchev–Trinajstić information content (AvgIpc) is 2.83. The molecule has 1 aliphatic heterocycles. The van der Waals surface area contributed by atoms with Gasteiger partial charge < -0.3 is 10.2 Å². The smallest absolute Gasteiger partial charge is 0.292 e. The zero-order valence-corrected chi connectivity index (χ0v) is 18.9. The Balaban J connectivity index is 1.43. The van der Waals surface area contributed by atoms with E-state index in [1.807, 2.05) is 60.7 Å². The van der Waals surface area contributed by atoms with Crippen LogP contribution in [0, 0.1) is 10.1 Å². The van der Waals surface area contributed by atoms with Crippen molar-refractivity contribution in [1.29, 1.82) is 0 Å². The van der Waals surface area contributed by atoms with Crippen LogP contribution in [0.25, 0.3) is 0 Å². The van der Waals surface area contributed by atoms with Crippen molar-refractivity contribution in [2.24, 2.45) is 0 Å². The molecule has 3 aromatic rings. The molecule has 1 aliphatic rings. The van der Waals surface area contributed by atoms with Crippen molar-refractivity contribution in [3.63, 3.8) is 0 Å². The summed E-state index contributed by atoms with van der Waals surface area (Å²) in [4.78, 5) is 13.2. The van der Waals surface area contributed by atoms with Gasteiger partial charge in [0.1, 0.15) is 5.69 Å². The normalized spacial score (nSPS) is 14.7. The minimum absolute atomic E-state index is 0.0127. The lowest BCUT2D eigenvalue weighted by atomic mass is 10.2. The Bertz CT molecular complexity index is 1200. The van der Waals surface area contributed by atoms with Gasteiger partial charge in [0.25, 0.3) is 5.69 Å². The van der Waals surface area contributed by atoms with Crippen molar-refractivity contribution < 1.29 is 13.3 Å². The number of nitrogens with one attached hydrogen (secondary N) is 1. The summed E-state index contributed by atoms with van der Waals surface area (Å²) in [5.74, 6) is -0.0150. The third-order valence-corrected chi connectivity index (χ3v) is 7.54. The fourth-order valence-electron chi connectivity index (χ4n) is 3.92. The molecule has 0 aromatic heterocycles. The van der Waals surface area contributed by atoms with Gasteiger partial charge in [-0.15, -0.1) is 0 Å². The monoisotopic (exact) mass is 466 g/mol. The number of hydrogen-bond donors (Lipinski definition) is 1. The maximum Gasteiger partial charge on any atom is 0.292 e. The molecular formula is C24H26N4O4S. The van der Waals surface area contributed by atoms with Crippen LogP contribution >= 0.6 is 0 Å². The topological polar surface area (TPSA) is 95.8 Å². The Hall–Kier alpha value is -3.43. The molecule has 1 fully saturated rings. The summed E-state index contributed by atoms with van der Waals surface area (Å²) in [6.45, 7) is 2.25. The molecule has 0 spiro atoms. The summed E-state index contributed by atoms with van der Waals surface area (Å²) in [7, 11) is -3.40. The Kier molecular flexibility index (Phi) is 6.90. The van der Waals surface area contributed by atoms with Crippen LogP contribution in [0.15, 0.2) is 78.9 Å². The highest BCUT2D eigenvalue weighted by Gasteiger charge is 2.28. The quantitative estimate of drug-likeness (QED) is 0.400. The van der Waals surface area contributed by atoms with Crippen LogP contribution in [0.2, 0.25) is 0 Å². The van der Waals surface area contributed by atoms with Gasteiger partial charge in [-0.1, -0.05) is 60.7 Å². The number of nitro benzene ring substituents is 1. The molecule has 1 heterocycles. The fourth-order valence-corrected chi connectivity index (χ4v) is 5.43. The van der Waals surface area contributed by atoms with Crippen molar-refractivity contribution in [1.82, 2.24) is 4.31 Å². The number of anilines is 2. The molecule has 9 heteroatoms. The van der Waals surface area contributed by atoms with Crippen LogP contribution in [0.5, 0.6) is 0 Å². The molecule has 1 saturated heterocycles. The van der Waals surface area contributed by atoms with E-state index in [0.717, 1.165) is 16.8 Å². The standard InChI is InChI=1S/C24H26N4O4S/c29-28(30)24-12-11-22(17-23(24)25-18-20-7-3-1-4-8-20)26-13-15-27(16-14-26)33(31,32)19-21-9-5-2-6-10-21/h1-12,17,25H,13-16,18-19H2. The molecule has 8 nitrogen and oxygen atoms in total. The van der Waals surface area contributed by atoms with Crippen LogP contribution in [-0.4, -0.2) is 43.8 Å². The lowest BCUT2D eigenvalue weighted by Crippen LogP contribution is -2.49. The van der Waals surface area contributed by atoms with Gasteiger partial charge in [0.05, 0.1) is 10.7 Å². The van der Waals surface area contributed by atoms with Crippen molar-refractivity contribution in [3.05, 3.63) is 100 Å². The SMILES string of the molecule is O=[N+]([O-])c1ccc(N2CCN(S(=O)(=O)Cc3ccccc3)CC2)cc1NCc1ccccc1. The van der Waals surface area contributed by atoms with Gasteiger partial charge in [-0.05, 0) is 23.3 Å². The lowest BCUT2D eigenvalue weighted by Gasteiger charge is -2.35. The second-order valence-electron chi connectivity index (χ2n) is 7.93. The molecule has 0 aliphatic carbocycles. The Morgan fingerprint density at radius 2 is 1.45 bits per heavy atom. The molecule has 0 radical (unpaired) electrons. The van der Waals surface area contributed by atoms with E-state index < -0.39 is 14.9 Å². The third-order valence-electron chi connectivity index (χ3n) is 5.69. The van der Waals surface area contributed by atoms with Gasteiger partial charge in [0.2, 0.25) is 10.0 Å². The van der Waals surface area contributed by atoms with Gasteiger partial charge in [-0.3, -0.25) is 10.1 Å². The largest absolute Gasteiger partial charge is 0.375 e. The predicted octanol–water partition coefficient (Wildman–Crippen LogP) is 3.86. The summed E-state index contributed by atoms with van der Waals surface area (Å²) in [6.07, 6.45) is 0. The van der Waals surface area contributed by atoms with Crippen molar-refractivity contribution in [2.45, 2.75) is 12.3 Å². The molecule has 172 valence electrons. The highest BCUT2D eigenvalue weighted by molar-refractivity contribution is 7.88. The Morgan fingerprint density at radius 3 is 2.06 bits per heavy atom. The minimum atomic E-state index is -3.40. The molecule has 0 atom stereocenters. The maximum atomic E-state index is 12.8. The van der Waals surface area contributed by atoms with E-state index in [9.17, 15) is 18.5 Å². The molecular weight excluding hydrogens is 440 g/mol. The molecule has 3 aromatic carbocycles. The van der Waals surface area contributed by atoms with Crippen molar-refractivity contribution in [2.75, 3.05) is 36.4 Å². The predicted molar refractivity (Wildman–Crippen MR) is 130 cm³/mol. The third kappa shape index (κ3) is 5.68. The highest BCUT2D eigenvalue weighted by Crippen LogP contribution is 2.31. The Morgan fingerprint density at radius 1 is 0.848 bits per heavy atom. The second kappa shape index (κ2) is 10.0. The summed E-state index contributed by atoms with van der Waals surface area (Å²) in [6, 6.07) is 23.8. The van der Waals surface area contributed by atoms with E-state index in [-0.39, 0.29) is 11.4 Å². The Labute approximate surface area is 193 Å². The molecule has 4 rings (SSSR count). The maximum absolute atomic E-state index is 12.8. The minimum Gasteiger partial charge on any atom is -0.375 e. The molecule has 0 unspecified atom stereocenters. The number of sulfonamides is 1. The number of nitro groups is 1. The van der Waals surface area contributed by atoms with Crippen LogP contribution in [-0.2, 0) is 22.3 Å². The summed E-state index contributed by atoms with van der Waals surface area (Å²) >= 11 is 0. The first kappa shape index (κ1) is 22.8. The van der Waals surface area contributed by atoms with Gasteiger partial charge in [0.15, 0.2) is 0 Å². The summed E-state index contributed by atoms with van der Waals surface area (Å²) in [5, 5.41) is 14.7. The van der Waals surface area contributed by atoms with Crippen molar-refractivity contribution >= 4 is 27.1 Å². The van der Waals surface area contributed by atoms with E-state index in [1.165, 1.54) is 10.4 Å². The highest BCUT2D eigenvalue weighted by atomic mass is 32.2. The molecule has 0 saturated carbocycles. The number of rotatable bonds is 8. The number of benzene rings is 3. The summed E-state index contributed by atoms with van der Waals surface area (Å²) < 4.78 is 27.2. The van der Waals surface area contributed by atoms with Gasteiger partial charge in [-0.2, -0.15) is 4.31 Å². The number of hydrogen-bond acceptors (Lipinski definition) is 6. The molecule has 1 N–H and O–H groups in total. The average molecular weight is 467 g/mol. The van der Waals surface area contributed by atoms with E-state index in [2.05, 4.69) is 10.2 Å². The first-order chi connectivity index (χ1) is 15.9. The first-order valence-corrected chi connectivity index (χ1v) is 12.4. The zero-order chi connectivity index (χ0) is 23.3. The molecule has 33 heavy (non-hydrogen) atoms. The van der Waals surface area contributed by atoms with Gasteiger partial charge >= 0.3 is 0 Å². The van der Waals surface area contributed by atoms with Gasteiger partial charge in [-0.25, -0.2) is 8.42 Å². The van der Waals surface area contributed by atoms with Gasteiger partial charge in [0, 0.05) is 44.5 Å². The van der Waals surface area contributed by atoms with Crippen LogP contribution in [0.1, 0.15) is 11.1 Å². The summed E-state index contributed by atoms with van der Waals surface area (Å²) in [5.41, 5.74) is 3.08. The van der Waals surface area contributed by atoms with E-state index in [1.54, 1.807) is 12.1 Å². The molecule has 0 amide bonds. The molecule has 0 bridgehead atoms. The number of nitrogens with zero attached hydrogens (tertiary/aromatic N) is 3. The van der Waals surface area contributed by atoms with E-state index in [0.29, 0.717) is 38.4 Å². The van der Waals surface area contributed by atoms with E-state index >= 15 is 0 Å². The second-order valence-corrected chi connectivity index (χ2v) is 9.89. The van der Waals surface area contributed by atoms with E-state index in [4.69, 9.17) is 0 Å². The van der Waals surface area contributed by atoms with Crippen molar-refractivity contribution in [3.8, 4) is 0 Å². The first-order valence-electron chi connectivity index (χ1n) is 10.8. The zero-order valence-electron chi connectivity index (χ0n) is 18.1. The van der Waals surface area contributed by atoms with Crippen LogP contribution < -0.4 is 10.2 Å². The van der Waals surface area contributed by atoms with Crippen LogP contribution in [0.4, 0.5) is 17.1 Å². The fraction of sp³-hybridized carbons (Fsp3) is 0.250. The lowest BCUT2D eigenvalue weighted by molar-refractivity contribution is -0.384. The van der Waals surface area contributed by atoms with Crippen LogP contribution in [0.3, 0.4) is 0 Å².